The summed E-state index contributed by atoms with van der Waals surface area (Å²) >= 11 is 6.31. The van der Waals surface area contributed by atoms with Crippen LogP contribution in [0.1, 0.15) is 106 Å². The monoisotopic (exact) mass is 908 g/mol. The quantitative estimate of drug-likeness (QED) is 0.0591. The van der Waals surface area contributed by atoms with E-state index >= 15 is 0 Å². The number of aryl methyl sites for hydroxylation is 1. The van der Waals surface area contributed by atoms with Crippen LogP contribution in [0.2, 0.25) is 5.02 Å². The molecule has 0 radical (unpaired) electrons. The fraction of sp³-hybridized carbons (Fsp3) is 0.500. The van der Waals surface area contributed by atoms with Crippen LogP contribution < -0.4 is 24.8 Å². The number of halogens is 1. The Hall–Kier alpha value is -5.33. The predicted molar refractivity (Wildman–Crippen MR) is 253 cm³/mol. The van der Waals surface area contributed by atoms with Gasteiger partial charge in [0, 0.05) is 47.6 Å². The summed E-state index contributed by atoms with van der Waals surface area (Å²) in [6.07, 6.45) is 9.77. The summed E-state index contributed by atoms with van der Waals surface area (Å²) in [5.41, 5.74) is 4.88. The molecule has 4 aromatic rings. The highest BCUT2D eigenvalue weighted by atomic mass is 35.5. The number of hydrogen-bond donors (Lipinski definition) is 4. The molecule has 7 rings (SSSR count). The third kappa shape index (κ3) is 11.7. The number of nitrogens with one attached hydrogen (secondary N) is 2. The third-order valence-electron chi connectivity index (χ3n) is 13.9. The maximum atomic E-state index is 13.1. The molecule has 0 aliphatic heterocycles. The number of rotatable bonds is 21. The van der Waals surface area contributed by atoms with Gasteiger partial charge in [0.05, 0.1) is 13.2 Å². The molecule has 0 saturated heterocycles. The van der Waals surface area contributed by atoms with Gasteiger partial charge in [-0.1, -0.05) is 49.7 Å². The zero-order chi connectivity index (χ0) is 46.1. The topological polar surface area (TPSA) is 160 Å². The molecule has 4 atom stereocenters. The number of carboxylic acid groups (broad SMARTS) is 2. The molecule has 65 heavy (non-hydrogen) atoms. The number of aromatic nitrogens is 1. The number of nitrogens with zero attached hydrogens (tertiary/aromatic N) is 2. The molecular formula is C52H65ClN4O8. The van der Waals surface area contributed by atoms with E-state index in [9.17, 15) is 24.6 Å². The number of hydrogen-bond acceptors (Lipinski definition) is 9. The van der Waals surface area contributed by atoms with Crippen molar-refractivity contribution >= 4 is 35.1 Å². The maximum absolute atomic E-state index is 13.1. The first-order chi connectivity index (χ1) is 31.2. The fourth-order valence-corrected chi connectivity index (χ4v) is 10.6. The van der Waals surface area contributed by atoms with E-state index in [1.54, 1.807) is 12.1 Å². The second-order valence-electron chi connectivity index (χ2n) is 18.9. The summed E-state index contributed by atoms with van der Waals surface area (Å²) in [5, 5.41) is 27.3. The van der Waals surface area contributed by atoms with Crippen LogP contribution >= 0.6 is 11.6 Å². The molecule has 1 heterocycles. The van der Waals surface area contributed by atoms with Crippen LogP contribution in [0.15, 0.2) is 79.0 Å². The number of aliphatic carboxylic acids is 2. The molecule has 0 bridgehead atoms. The zero-order valence-corrected chi connectivity index (χ0v) is 39.0. The minimum absolute atomic E-state index is 0.104. The van der Waals surface area contributed by atoms with Crippen molar-refractivity contribution in [2.45, 2.75) is 114 Å². The molecule has 3 aliphatic carbocycles. The van der Waals surface area contributed by atoms with Gasteiger partial charge in [0.1, 0.15) is 35.4 Å². The number of carbonyl (C=O) groups excluding carboxylic acids is 1. The number of pyridine rings is 1. The maximum Gasteiger partial charge on any atom is 0.329 e. The highest BCUT2D eigenvalue weighted by molar-refractivity contribution is 6.30. The summed E-state index contributed by atoms with van der Waals surface area (Å²) in [4.78, 5) is 45.0. The highest BCUT2D eigenvalue weighted by Gasteiger charge is 2.54. The van der Waals surface area contributed by atoms with Crippen LogP contribution in [0.25, 0.3) is 0 Å². The number of fused-ring (bicyclic) bond motifs is 3. The van der Waals surface area contributed by atoms with Gasteiger partial charge < -0.3 is 40.0 Å². The van der Waals surface area contributed by atoms with E-state index < -0.39 is 23.5 Å². The van der Waals surface area contributed by atoms with Crippen molar-refractivity contribution in [2.24, 2.45) is 11.8 Å². The molecule has 1 amide bonds. The van der Waals surface area contributed by atoms with E-state index in [2.05, 4.69) is 41.6 Å². The Morgan fingerprint density at radius 3 is 2.46 bits per heavy atom. The van der Waals surface area contributed by atoms with E-state index in [0.717, 1.165) is 55.7 Å². The Bertz CT molecular complexity index is 2290. The van der Waals surface area contributed by atoms with Gasteiger partial charge >= 0.3 is 11.9 Å². The van der Waals surface area contributed by atoms with Gasteiger partial charge in [0.25, 0.3) is 0 Å². The van der Waals surface area contributed by atoms with E-state index in [1.165, 1.54) is 16.7 Å². The van der Waals surface area contributed by atoms with Crippen molar-refractivity contribution in [3.63, 3.8) is 0 Å². The molecule has 3 aromatic carbocycles. The molecule has 0 unspecified atom stereocenters. The molecule has 348 valence electrons. The molecule has 1 fully saturated rings. The summed E-state index contributed by atoms with van der Waals surface area (Å²) in [6.45, 7) is 6.61. The van der Waals surface area contributed by atoms with Gasteiger partial charge in [0.15, 0.2) is 0 Å². The molecule has 3 aliphatic rings. The lowest BCUT2D eigenvalue weighted by molar-refractivity contribution is -0.144. The lowest BCUT2D eigenvalue weighted by Gasteiger charge is -2.47. The van der Waals surface area contributed by atoms with Crippen molar-refractivity contribution in [3.8, 4) is 17.2 Å². The normalized spacial score (nSPS) is 22.1. The molecule has 13 heteroatoms. The summed E-state index contributed by atoms with van der Waals surface area (Å²) in [5.74, 6) is 0.874. The number of likely N-dealkylation sites (N-methyl/N-ethyl adjacent to an activating group) is 1. The van der Waals surface area contributed by atoms with Crippen molar-refractivity contribution in [1.82, 2.24) is 15.2 Å². The molecule has 1 saturated carbocycles. The standard InChI is InChI=1S/C52H65ClN4O8/c1-34(33-65-46-18-23-54-44-14-5-9-35(2)48(44)46)27-38-30-37-16-17-42(32-43(37)51(38)19-21-52(22-20-51,50(61)62)56-40-12-7-11-39(53)31-40)63-25-8-15-47(58)55-45(49(59)60)29-36-10-6-13-41(28-36)64-26-24-57(3)4/h6-7,10-13,16-18,23,28,31-32,34-35,38,45,56H,5,8-9,14-15,19-22,24-27,29-30,33H2,1-4H3,(H,55,58)(H,59,60)(H,61,62)/t34-,35-,38+,45-,51?,52?/m1/s1. The van der Waals surface area contributed by atoms with Crippen LogP contribution in [0.5, 0.6) is 17.2 Å². The highest BCUT2D eigenvalue weighted by Crippen LogP contribution is 2.57. The van der Waals surface area contributed by atoms with Crippen molar-refractivity contribution in [2.75, 3.05) is 45.8 Å². The molecule has 1 spiro atoms. The van der Waals surface area contributed by atoms with Gasteiger partial charge in [-0.25, -0.2) is 9.59 Å². The molecule has 1 aromatic heterocycles. The van der Waals surface area contributed by atoms with Crippen LogP contribution in [0.4, 0.5) is 5.69 Å². The van der Waals surface area contributed by atoms with E-state index in [-0.39, 0.29) is 42.6 Å². The molecular weight excluding hydrogens is 844 g/mol. The van der Waals surface area contributed by atoms with Gasteiger partial charge in [-0.3, -0.25) is 9.78 Å². The average Bonchev–Trinajstić information content (AvgIpc) is 3.55. The van der Waals surface area contributed by atoms with Crippen LogP contribution in [-0.4, -0.2) is 90.0 Å². The van der Waals surface area contributed by atoms with Gasteiger partial charge in [-0.2, -0.15) is 0 Å². The minimum atomic E-state index is -1.15. The lowest BCUT2D eigenvalue weighted by Crippen LogP contribution is -2.53. The number of carboxylic acids is 2. The summed E-state index contributed by atoms with van der Waals surface area (Å²) in [6, 6.07) is 21.7. The van der Waals surface area contributed by atoms with Crippen LogP contribution in [0.3, 0.4) is 0 Å². The Morgan fingerprint density at radius 2 is 1.71 bits per heavy atom. The number of amides is 1. The van der Waals surface area contributed by atoms with E-state index in [1.807, 2.05) is 73.7 Å². The number of carbonyl (C=O) groups is 3. The Labute approximate surface area is 388 Å². The summed E-state index contributed by atoms with van der Waals surface area (Å²) < 4.78 is 18.7. The fourth-order valence-electron chi connectivity index (χ4n) is 10.4. The van der Waals surface area contributed by atoms with Crippen molar-refractivity contribution in [3.05, 3.63) is 112 Å². The van der Waals surface area contributed by atoms with Gasteiger partial charge in [-0.05, 0) is 167 Å². The third-order valence-corrected chi connectivity index (χ3v) is 14.1. The van der Waals surface area contributed by atoms with Gasteiger partial charge in [0.2, 0.25) is 5.91 Å². The second kappa shape index (κ2) is 21.3. The summed E-state index contributed by atoms with van der Waals surface area (Å²) in [7, 11) is 3.93. The molecule has 12 nitrogen and oxygen atoms in total. The number of benzene rings is 3. The predicted octanol–water partition coefficient (Wildman–Crippen LogP) is 9.11. The van der Waals surface area contributed by atoms with E-state index in [0.29, 0.717) is 73.4 Å². The number of anilines is 1. The van der Waals surface area contributed by atoms with Gasteiger partial charge in [-0.15, -0.1) is 0 Å². The van der Waals surface area contributed by atoms with Crippen molar-refractivity contribution in [1.29, 1.82) is 0 Å². The number of ether oxygens (including phenoxy) is 3. The van der Waals surface area contributed by atoms with Crippen LogP contribution in [0, 0.1) is 11.8 Å². The first-order valence-corrected chi connectivity index (χ1v) is 23.6. The molecule has 4 N–H and O–H groups in total. The zero-order valence-electron chi connectivity index (χ0n) is 38.2. The first-order valence-electron chi connectivity index (χ1n) is 23.3. The Morgan fingerprint density at radius 1 is 0.938 bits per heavy atom. The first kappa shape index (κ1) is 47.6. The van der Waals surface area contributed by atoms with E-state index in [4.69, 9.17) is 25.8 Å². The Kier molecular flexibility index (Phi) is 15.6. The second-order valence-corrected chi connectivity index (χ2v) is 19.4. The SMILES string of the molecule is C[C@@H](COc1ccnc2c1[C@H](C)CCC2)C[C@H]1Cc2ccc(OCCCC(=O)N[C@H](Cc3cccc(OCCN(C)C)c3)C(=O)O)cc2C12CCC(Nc1cccc(Cl)c1)(C(=O)O)CC2. The largest absolute Gasteiger partial charge is 0.494 e. The van der Waals surface area contributed by atoms with Crippen molar-refractivity contribution < 1.29 is 38.8 Å². The Balaban J connectivity index is 1.01. The lowest BCUT2D eigenvalue weighted by atomic mass is 9.59. The van der Waals surface area contributed by atoms with Crippen LogP contribution in [-0.2, 0) is 39.1 Å². The minimum Gasteiger partial charge on any atom is -0.494 e. The smallest absolute Gasteiger partial charge is 0.329 e. The average molecular weight is 910 g/mol.